The summed E-state index contributed by atoms with van der Waals surface area (Å²) in [4.78, 5) is 27.0. The Bertz CT molecular complexity index is 1550. The minimum absolute atomic E-state index is 0.236. The summed E-state index contributed by atoms with van der Waals surface area (Å²) in [5, 5.41) is 7.95. The molecule has 0 fully saturated rings. The molecule has 0 spiro atoms. The fourth-order valence-corrected chi connectivity index (χ4v) is 4.56. The number of methoxy groups -OCH3 is 2. The highest BCUT2D eigenvalue weighted by atomic mass is 32.1. The smallest absolute Gasteiger partial charge is 0.251 e. The van der Waals surface area contributed by atoms with Crippen LogP contribution in [0.15, 0.2) is 66.3 Å². The Morgan fingerprint density at radius 3 is 2.62 bits per heavy atom. The molecule has 0 radical (unpaired) electrons. The lowest BCUT2D eigenvalue weighted by molar-refractivity contribution is 0.0954. The average Bonchev–Trinajstić information content (AvgIpc) is 3.53. The molecule has 3 aromatic heterocycles. The summed E-state index contributed by atoms with van der Waals surface area (Å²) in [5.74, 6) is 0.906. The number of imidazole rings is 1. The normalized spacial score (nSPS) is 10.9. The van der Waals surface area contributed by atoms with E-state index in [4.69, 9.17) is 14.5 Å². The zero-order valence-corrected chi connectivity index (χ0v) is 20.9. The van der Waals surface area contributed by atoms with Crippen LogP contribution in [0.2, 0.25) is 0 Å². The number of fused-ring (bicyclic) bond motifs is 1. The third-order valence-electron chi connectivity index (χ3n) is 5.62. The number of aromatic nitrogens is 4. The maximum Gasteiger partial charge on any atom is 0.251 e. The Hall–Kier alpha value is -4.51. The Labute approximate surface area is 215 Å². The van der Waals surface area contributed by atoms with E-state index in [1.807, 2.05) is 16.0 Å². The lowest BCUT2D eigenvalue weighted by Crippen LogP contribution is -2.29. The zero-order chi connectivity index (χ0) is 25.8. The van der Waals surface area contributed by atoms with Crippen molar-refractivity contribution in [1.82, 2.24) is 24.7 Å². The second-order valence-electron chi connectivity index (χ2n) is 7.89. The molecule has 3 heterocycles. The molecule has 5 aromatic rings. The average molecular weight is 519 g/mol. The number of carbonyl (C=O) groups excluding carboxylic acids is 1. The second kappa shape index (κ2) is 10.6. The number of benzene rings is 2. The summed E-state index contributed by atoms with van der Waals surface area (Å²) in [5.41, 5.74) is 3.41. The van der Waals surface area contributed by atoms with Crippen LogP contribution in [0.25, 0.3) is 27.6 Å². The first kappa shape index (κ1) is 24.2. The Morgan fingerprint density at radius 2 is 1.84 bits per heavy atom. The van der Waals surface area contributed by atoms with Crippen molar-refractivity contribution in [3.8, 4) is 34.1 Å². The fraction of sp³-hybridized carbons (Fsp3) is 0.154. The zero-order valence-electron chi connectivity index (χ0n) is 20.1. The monoisotopic (exact) mass is 518 g/mol. The van der Waals surface area contributed by atoms with Gasteiger partial charge in [0.1, 0.15) is 11.5 Å². The van der Waals surface area contributed by atoms with E-state index in [0.717, 1.165) is 16.2 Å². The van der Waals surface area contributed by atoms with Gasteiger partial charge in [0.25, 0.3) is 5.91 Å². The number of halogens is 1. The van der Waals surface area contributed by atoms with E-state index in [9.17, 15) is 9.18 Å². The van der Waals surface area contributed by atoms with Crippen LogP contribution < -0.4 is 20.1 Å². The standard InChI is InChI=1S/C26H23FN6O3S/c1-35-20-8-5-17(15-21(20)36-2)24(34)28-11-12-30-25-29-10-9-19(31-25)23-22(16-3-6-18(27)7-4-16)32-26-33(23)13-14-37-26/h3-10,13-15H,11-12H2,1-2H3,(H,28,34)(H,29,30,31). The van der Waals surface area contributed by atoms with Gasteiger partial charge >= 0.3 is 0 Å². The van der Waals surface area contributed by atoms with Crippen molar-refractivity contribution in [3.63, 3.8) is 0 Å². The van der Waals surface area contributed by atoms with Gasteiger partial charge in [-0.15, -0.1) is 11.3 Å². The number of nitrogens with zero attached hydrogens (tertiary/aromatic N) is 4. The maximum atomic E-state index is 13.5. The summed E-state index contributed by atoms with van der Waals surface area (Å²) in [6, 6.07) is 13.0. The molecule has 5 rings (SSSR count). The molecule has 188 valence electrons. The number of thiazole rings is 1. The number of hydrogen-bond donors (Lipinski definition) is 2. The molecule has 0 unspecified atom stereocenters. The van der Waals surface area contributed by atoms with Gasteiger partial charge in [-0.3, -0.25) is 9.20 Å². The van der Waals surface area contributed by atoms with Gasteiger partial charge in [0.2, 0.25) is 5.95 Å². The van der Waals surface area contributed by atoms with Crippen molar-refractivity contribution in [2.45, 2.75) is 0 Å². The molecule has 0 atom stereocenters. The van der Waals surface area contributed by atoms with Crippen molar-refractivity contribution in [1.29, 1.82) is 0 Å². The first-order chi connectivity index (χ1) is 18.1. The lowest BCUT2D eigenvalue weighted by Gasteiger charge is -2.11. The van der Waals surface area contributed by atoms with E-state index in [0.29, 0.717) is 47.5 Å². The molecule has 1 amide bonds. The topological polar surface area (TPSA) is 103 Å². The lowest BCUT2D eigenvalue weighted by atomic mass is 10.1. The first-order valence-corrected chi connectivity index (χ1v) is 12.2. The molecule has 2 aromatic carbocycles. The van der Waals surface area contributed by atoms with Gasteiger partial charge in [0, 0.05) is 42.0 Å². The highest BCUT2D eigenvalue weighted by Crippen LogP contribution is 2.33. The summed E-state index contributed by atoms with van der Waals surface area (Å²) in [6.45, 7) is 0.761. The maximum absolute atomic E-state index is 13.5. The van der Waals surface area contributed by atoms with Crippen LogP contribution in [0.4, 0.5) is 10.3 Å². The van der Waals surface area contributed by atoms with E-state index in [-0.39, 0.29) is 11.7 Å². The van der Waals surface area contributed by atoms with Crippen LogP contribution in [0.1, 0.15) is 10.4 Å². The quantitative estimate of drug-likeness (QED) is 0.277. The number of carbonyl (C=O) groups is 1. The molecule has 37 heavy (non-hydrogen) atoms. The summed E-state index contributed by atoms with van der Waals surface area (Å²) < 4.78 is 25.9. The summed E-state index contributed by atoms with van der Waals surface area (Å²) in [7, 11) is 3.06. The van der Waals surface area contributed by atoms with Crippen molar-refractivity contribution in [3.05, 3.63) is 77.7 Å². The van der Waals surface area contributed by atoms with Crippen molar-refractivity contribution >= 4 is 28.2 Å². The number of hydrogen-bond acceptors (Lipinski definition) is 8. The molecule has 0 saturated heterocycles. The van der Waals surface area contributed by atoms with Crippen molar-refractivity contribution < 1.29 is 18.7 Å². The van der Waals surface area contributed by atoms with Crippen molar-refractivity contribution in [2.75, 3.05) is 32.6 Å². The largest absolute Gasteiger partial charge is 0.493 e. The van der Waals surface area contributed by atoms with Gasteiger partial charge in [0.15, 0.2) is 16.5 Å². The van der Waals surface area contributed by atoms with E-state index < -0.39 is 0 Å². The molecule has 2 N–H and O–H groups in total. The predicted octanol–water partition coefficient (Wildman–Crippen LogP) is 4.52. The van der Waals surface area contributed by atoms with Crippen LogP contribution >= 0.6 is 11.3 Å². The van der Waals surface area contributed by atoms with Crippen LogP contribution in [0.3, 0.4) is 0 Å². The Kier molecular flexibility index (Phi) is 6.95. The third kappa shape index (κ3) is 5.07. The van der Waals surface area contributed by atoms with Gasteiger partial charge in [-0.1, -0.05) is 0 Å². The molecule has 0 aliphatic heterocycles. The Balaban J connectivity index is 1.29. The SMILES string of the molecule is COc1ccc(C(=O)NCCNc2nccc(-c3c(-c4ccc(F)cc4)nc4sccn34)n2)cc1OC. The molecule has 11 heteroatoms. The number of anilines is 1. The molecule has 0 bridgehead atoms. The molecular weight excluding hydrogens is 495 g/mol. The van der Waals surface area contributed by atoms with Crippen LogP contribution in [0, 0.1) is 5.82 Å². The number of nitrogens with one attached hydrogen (secondary N) is 2. The minimum Gasteiger partial charge on any atom is -0.493 e. The number of amides is 1. The van der Waals surface area contributed by atoms with E-state index in [1.165, 1.54) is 30.6 Å². The van der Waals surface area contributed by atoms with Gasteiger partial charge in [0.05, 0.1) is 25.6 Å². The minimum atomic E-state index is -0.307. The van der Waals surface area contributed by atoms with Crippen LogP contribution in [-0.2, 0) is 0 Å². The first-order valence-electron chi connectivity index (χ1n) is 11.4. The molecule has 0 aliphatic rings. The fourth-order valence-electron chi connectivity index (χ4n) is 3.85. The number of rotatable bonds is 9. The molecule has 0 saturated carbocycles. The van der Waals surface area contributed by atoms with Crippen LogP contribution in [-0.4, -0.2) is 52.6 Å². The summed E-state index contributed by atoms with van der Waals surface area (Å²) >= 11 is 1.50. The van der Waals surface area contributed by atoms with Gasteiger partial charge in [-0.25, -0.2) is 19.3 Å². The molecular formula is C26H23FN6O3S. The van der Waals surface area contributed by atoms with Crippen molar-refractivity contribution in [2.24, 2.45) is 0 Å². The molecule has 0 aliphatic carbocycles. The summed E-state index contributed by atoms with van der Waals surface area (Å²) in [6.07, 6.45) is 3.58. The van der Waals surface area contributed by atoms with E-state index >= 15 is 0 Å². The predicted molar refractivity (Wildman–Crippen MR) is 140 cm³/mol. The Morgan fingerprint density at radius 1 is 1.03 bits per heavy atom. The highest BCUT2D eigenvalue weighted by molar-refractivity contribution is 7.15. The van der Waals surface area contributed by atoms with E-state index in [2.05, 4.69) is 20.6 Å². The van der Waals surface area contributed by atoms with Gasteiger partial charge in [-0.05, 0) is 48.5 Å². The third-order valence-corrected chi connectivity index (χ3v) is 6.37. The molecule has 9 nitrogen and oxygen atoms in total. The highest BCUT2D eigenvalue weighted by Gasteiger charge is 2.18. The second-order valence-corrected chi connectivity index (χ2v) is 8.76. The van der Waals surface area contributed by atoms with Gasteiger partial charge < -0.3 is 20.1 Å². The number of ether oxygens (including phenoxy) is 2. The van der Waals surface area contributed by atoms with Gasteiger partial charge in [-0.2, -0.15) is 0 Å². The van der Waals surface area contributed by atoms with E-state index in [1.54, 1.807) is 49.7 Å². The van der Waals surface area contributed by atoms with Crippen LogP contribution in [0.5, 0.6) is 11.5 Å².